The molecule has 0 amide bonds. The highest BCUT2D eigenvalue weighted by Crippen LogP contribution is 2.24. The zero-order valence-corrected chi connectivity index (χ0v) is 13.9. The highest BCUT2D eigenvalue weighted by molar-refractivity contribution is 6.16. The molecule has 0 saturated carbocycles. The SMILES string of the molecule is C=CC(=O)c1c(CCO)ccc(C(=O)OC(C)O)c1C(=O)OC(C)O. The Labute approximate surface area is 144 Å². The molecule has 1 aromatic rings. The maximum absolute atomic E-state index is 12.4. The van der Waals surface area contributed by atoms with Crippen molar-refractivity contribution in [1.82, 2.24) is 0 Å². The Kier molecular flexibility index (Phi) is 7.43. The molecule has 2 atom stereocenters. The zero-order valence-electron chi connectivity index (χ0n) is 13.9. The monoisotopic (exact) mass is 352 g/mol. The van der Waals surface area contributed by atoms with Gasteiger partial charge in [-0.05, 0) is 38.0 Å². The lowest BCUT2D eigenvalue weighted by molar-refractivity contribution is -0.0561. The summed E-state index contributed by atoms with van der Waals surface area (Å²) in [6.07, 6.45) is -1.94. The number of rotatable bonds is 8. The van der Waals surface area contributed by atoms with Gasteiger partial charge in [-0.2, -0.15) is 0 Å². The summed E-state index contributed by atoms with van der Waals surface area (Å²) in [5.41, 5.74) is -0.644. The number of ether oxygens (including phenoxy) is 2. The molecule has 0 aliphatic heterocycles. The molecular weight excluding hydrogens is 332 g/mol. The van der Waals surface area contributed by atoms with Crippen molar-refractivity contribution in [3.05, 3.63) is 47.0 Å². The van der Waals surface area contributed by atoms with Gasteiger partial charge < -0.3 is 24.8 Å². The van der Waals surface area contributed by atoms with E-state index in [2.05, 4.69) is 11.3 Å². The lowest BCUT2D eigenvalue weighted by Crippen LogP contribution is -2.24. The van der Waals surface area contributed by atoms with Crippen LogP contribution in [0.1, 0.15) is 50.5 Å². The van der Waals surface area contributed by atoms with E-state index in [9.17, 15) is 24.6 Å². The summed E-state index contributed by atoms with van der Waals surface area (Å²) in [6.45, 7) is 5.42. The van der Waals surface area contributed by atoms with Crippen molar-refractivity contribution in [2.45, 2.75) is 32.8 Å². The molecule has 0 aliphatic rings. The second kappa shape index (κ2) is 9.07. The summed E-state index contributed by atoms with van der Waals surface area (Å²) in [5.74, 6) is -2.86. The number of esters is 2. The van der Waals surface area contributed by atoms with Gasteiger partial charge >= 0.3 is 11.9 Å². The molecule has 1 aromatic carbocycles. The van der Waals surface area contributed by atoms with Crippen molar-refractivity contribution >= 4 is 17.7 Å². The first-order chi connectivity index (χ1) is 11.7. The highest BCUT2D eigenvalue weighted by Gasteiger charge is 2.29. The zero-order chi connectivity index (χ0) is 19.1. The summed E-state index contributed by atoms with van der Waals surface area (Å²) in [6, 6.07) is 2.60. The average molecular weight is 352 g/mol. The van der Waals surface area contributed by atoms with E-state index in [1.54, 1.807) is 0 Å². The Balaban J connectivity index is 3.66. The van der Waals surface area contributed by atoms with Crippen LogP contribution in [0.2, 0.25) is 0 Å². The summed E-state index contributed by atoms with van der Waals surface area (Å²) in [5, 5.41) is 27.6. The second-order valence-electron chi connectivity index (χ2n) is 5.07. The number of aliphatic hydroxyl groups is 3. The minimum atomic E-state index is -1.48. The number of hydrogen-bond donors (Lipinski definition) is 3. The molecule has 0 heterocycles. The van der Waals surface area contributed by atoms with Gasteiger partial charge in [-0.15, -0.1) is 0 Å². The predicted octanol–water partition coefficient (Wildman–Crippen LogP) is 0.580. The predicted molar refractivity (Wildman–Crippen MR) is 86.0 cm³/mol. The Bertz CT molecular complexity index is 675. The van der Waals surface area contributed by atoms with E-state index in [-0.39, 0.29) is 24.2 Å². The first-order valence-corrected chi connectivity index (χ1v) is 7.44. The third kappa shape index (κ3) is 5.21. The maximum Gasteiger partial charge on any atom is 0.342 e. The summed E-state index contributed by atoms with van der Waals surface area (Å²) < 4.78 is 9.36. The molecule has 2 unspecified atom stereocenters. The van der Waals surface area contributed by atoms with E-state index >= 15 is 0 Å². The van der Waals surface area contributed by atoms with Crippen LogP contribution in [0.15, 0.2) is 24.8 Å². The summed E-state index contributed by atoms with van der Waals surface area (Å²) in [4.78, 5) is 36.8. The number of carbonyl (C=O) groups excluding carboxylic acids is 3. The van der Waals surface area contributed by atoms with E-state index in [0.717, 1.165) is 6.08 Å². The van der Waals surface area contributed by atoms with Crippen molar-refractivity contribution in [3.63, 3.8) is 0 Å². The molecular formula is C17H20O8. The Morgan fingerprint density at radius 1 is 1.08 bits per heavy atom. The van der Waals surface area contributed by atoms with Crippen LogP contribution in [-0.4, -0.2) is 52.2 Å². The van der Waals surface area contributed by atoms with Gasteiger partial charge in [0.05, 0.1) is 11.1 Å². The van der Waals surface area contributed by atoms with E-state index in [1.165, 1.54) is 26.0 Å². The molecule has 8 heteroatoms. The van der Waals surface area contributed by atoms with E-state index in [1.807, 2.05) is 0 Å². The molecule has 8 nitrogen and oxygen atoms in total. The van der Waals surface area contributed by atoms with Crippen LogP contribution in [0, 0.1) is 0 Å². The fraction of sp³-hybridized carbons (Fsp3) is 0.353. The van der Waals surface area contributed by atoms with Gasteiger partial charge in [0.2, 0.25) is 0 Å². The lowest BCUT2D eigenvalue weighted by Gasteiger charge is -2.17. The van der Waals surface area contributed by atoms with Gasteiger partial charge in [-0.1, -0.05) is 12.6 Å². The van der Waals surface area contributed by atoms with Crippen LogP contribution in [0.4, 0.5) is 0 Å². The summed E-state index contributed by atoms with van der Waals surface area (Å²) >= 11 is 0. The molecule has 0 fully saturated rings. The van der Waals surface area contributed by atoms with E-state index in [4.69, 9.17) is 9.84 Å². The number of carbonyl (C=O) groups is 3. The van der Waals surface area contributed by atoms with Crippen molar-refractivity contribution in [2.24, 2.45) is 0 Å². The topological polar surface area (TPSA) is 130 Å². The molecule has 136 valence electrons. The Morgan fingerprint density at radius 2 is 1.64 bits per heavy atom. The van der Waals surface area contributed by atoms with Gasteiger partial charge in [0.15, 0.2) is 18.4 Å². The van der Waals surface area contributed by atoms with Crippen molar-refractivity contribution in [2.75, 3.05) is 6.61 Å². The van der Waals surface area contributed by atoms with Crippen LogP contribution in [-0.2, 0) is 15.9 Å². The van der Waals surface area contributed by atoms with Gasteiger partial charge in [0.1, 0.15) is 0 Å². The Hall–Kier alpha value is -2.55. The van der Waals surface area contributed by atoms with Crippen LogP contribution < -0.4 is 0 Å². The first-order valence-electron chi connectivity index (χ1n) is 7.44. The van der Waals surface area contributed by atoms with Gasteiger partial charge in [0, 0.05) is 12.2 Å². The molecule has 0 aromatic heterocycles. The molecule has 25 heavy (non-hydrogen) atoms. The maximum atomic E-state index is 12.4. The standard InChI is InChI=1S/C17H20O8/c1-4-13(21)14-11(7-8-18)5-6-12(16(22)24-9(2)19)15(14)17(23)25-10(3)20/h4-6,9-10,18-20H,1,7-8H2,2-3H3. The minimum absolute atomic E-state index is 0.0373. The lowest BCUT2D eigenvalue weighted by atomic mass is 9.91. The molecule has 0 bridgehead atoms. The number of allylic oxidation sites excluding steroid dienone is 1. The quantitative estimate of drug-likeness (QED) is 0.268. The second-order valence-corrected chi connectivity index (χ2v) is 5.07. The number of hydrogen-bond acceptors (Lipinski definition) is 8. The Morgan fingerprint density at radius 3 is 2.12 bits per heavy atom. The highest BCUT2D eigenvalue weighted by atomic mass is 16.6. The number of ketones is 1. The normalized spacial score (nSPS) is 12.8. The van der Waals surface area contributed by atoms with Gasteiger partial charge in [-0.3, -0.25) is 4.79 Å². The van der Waals surface area contributed by atoms with E-state index in [0.29, 0.717) is 5.56 Å². The molecule has 0 aliphatic carbocycles. The summed E-state index contributed by atoms with van der Waals surface area (Å²) in [7, 11) is 0. The van der Waals surface area contributed by atoms with Crippen LogP contribution in [0.5, 0.6) is 0 Å². The average Bonchev–Trinajstić information content (AvgIpc) is 2.52. The molecule has 0 spiro atoms. The van der Waals surface area contributed by atoms with E-state index < -0.39 is 35.9 Å². The van der Waals surface area contributed by atoms with Crippen LogP contribution >= 0.6 is 0 Å². The molecule has 1 rings (SSSR count). The third-order valence-electron chi connectivity index (χ3n) is 3.08. The molecule has 3 N–H and O–H groups in total. The van der Waals surface area contributed by atoms with Gasteiger partial charge in [0.25, 0.3) is 0 Å². The minimum Gasteiger partial charge on any atom is -0.433 e. The molecule has 0 saturated heterocycles. The van der Waals surface area contributed by atoms with Crippen molar-refractivity contribution < 1.29 is 39.2 Å². The fourth-order valence-electron chi connectivity index (χ4n) is 2.17. The van der Waals surface area contributed by atoms with Crippen LogP contribution in [0.25, 0.3) is 0 Å². The van der Waals surface area contributed by atoms with Crippen molar-refractivity contribution in [3.8, 4) is 0 Å². The van der Waals surface area contributed by atoms with Gasteiger partial charge in [-0.25, -0.2) is 9.59 Å². The number of benzene rings is 1. The van der Waals surface area contributed by atoms with Crippen molar-refractivity contribution in [1.29, 1.82) is 0 Å². The molecule has 0 radical (unpaired) electrons. The number of aliphatic hydroxyl groups excluding tert-OH is 3. The smallest absolute Gasteiger partial charge is 0.342 e. The third-order valence-corrected chi connectivity index (χ3v) is 3.08. The fourth-order valence-corrected chi connectivity index (χ4v) is 2.17. The largest absolute Gasteiger partial charge is 0.433 e. The first kappa shape index (κ1) is 20.5. The van der Waals surface area contributed by atoms with Crippen LogP contribution in [0.3, 0.4) is 0 Å².